The van der Waals surface area contributed by atoms with Gasteiger partial charge in [0.15, 0.2) is 5.16 Å². The second-order valence-corrected chi connectivity index (χ2v) is 9.19. The molecule has 1 aromatic heterocycles. The zero-order chi connectivity index (χ0) is 18.8. The third kappa shape index (κ3) is 4.59. The molecule has 0 aromatic carbocycles. The molecule has 144 valence electrons. The molecule has 2 aliphatic rings. The molecule has 6 nitrogen and oxygen atoms in total. The van der Waals surface area contributed by atoms with Crippen LogP contribution < -0.4 is 5.46 Å². The maximum Gasteiger partial charge on any atom is 0.498 e. The van der Waals surface area contributed by atoms with Gasteiger partial charge in [-0.15, -0.1) is 0 Å². The number of piperidine rings is 1. The Morgan fingerprint density at radius 3 is 2.27 bits per heavy atom. The van der Waals surface area contributed by atoms with E-state index in [1.807, 2.05) is 40.1 Å². The first-order valence-corrected chi connectivity index (χ1v) is 10.4. The molecule has 0 aliphatic carbocycles. The Bertz CT molecular complexity index is 576. The first-order valence-electron chi connectivity index (χ1n) is 9.44. The van der Waals surface area contributed by atoms with Crippen LogP contribution in [0.5, 0.6) is 0 Å². The molecule has 0 amide bonds. The number of hydrogen-bond donors (Lipinski definition) is 1. The quantitative estimate of drug-likeness (QED) is 0.457. The first-order chi connectivity index (χ1) is 12.3. The number of aliphatic hydroxyl groups is 1. The van der Waals surface area contributed by atoms with Crippen LogP contribution in [0.2, 0.25) is 0 Å². The van der Waals surface area contributed by atoms with Gasteiger partial charge in [-0.25, -0.2) is 9.97 Å². The van der Waals surface area contributed by atoms with E-state index in [1.165, 1.54) is 12.8 Å². The Kier molecular flexibility index (Phi) is 6.29. The third-order valence-electron chi connectivity index (χ3n) is 5.75. The second kappa shape index (κ2) is 8.14. The zero-order valence-electron chi connectivity index (χ0n) is 16.3. The van der Waals surface area contributed by atoms with Gasteiger partial charge in [0.2, 0.25) is 0 Å². The van der Waals surface area contributed by atoms with E-state index in [-0.39, 0.29) is 17.8 Å². The van der Waals surface area contributed by atoms with Crippen molar-refractivity contribution in [3.8, 4) is 0 Å². The lowest BCUT2D eigenvalue weighted by Crippen LogP contribution is -2.41. The first kappa shape index (κ1) is 20.1. The lowest BCUT2D eigenvalue weighted by atomic mass is 9.81. The van der Waals surface area contributed by atoms with Crippen LogP contribution in [0.4, 0.5) is 0 Å². The van der Waals surface area contributed by atoms with Gasteiger partial charge in [0.25, 0.3) is 0 Å². The van der Waals surface area contributed by atoms with Crippen molar-refractivity contribution in [2.24, 2.45) is 5.92 Å². The SMILES string of the molecule is CC1(C)OB(c2cnc(SCC3CCN(CCO)CC3)nc2)OC1(C)C. The fraction of sp³-hybridized carbons (Fsp3) is 0.778. The minimum absolute atomic E-state index is 0.252. The van der Waals surface area contributed by atoms with Crippen molar-refractivity contribution in [1.82, 2.24) is 14.9 Å². The van der Waals surface area contributed by atoms with Crippen LogP contribution >= 0.6 is 11.8 Å². The number of rotatable bonds is 6. The summed E-state index contributed by atoms with van der Waals surface area (Å²) >= 11 is 1.72. The molecule has 0 radical (unpaired) electrons. The summed E-state index contributed by atoms with van der Waals surface area (Å²) in [6.45, 7) is 11.4. The number of β-amino-alcohol motifs (C(OH)–C–C–N with tert-alkyl or cyclic N) is 1. The lowest BCUT2D eigenvalue weighted by Gasteiger charge is -2.32. The lowest BCUT2D eigenvalue weighted by molar-refractivity contribution is 0.00578. The van der Waals surface area contributed by atoms with E-state index in [9.17, 15) is 0 Å². The fourth-order valence-corrected chi connectivity index (χ4v) is 4.18. The van der Waals surface area contributed by atoms with E-state index in [0.717, 1.165) is 36.0 Å². The monoisotopic (exact) mass is 379 g/mol. The van der Waals surface area contributed by atoms with Gasteiger partial charge < -0.3 is 19.3 Å². The molecule has 2 saturated heterocycles. The normalized spacial score (nSPS) is 23.5. The van der Waals surface area contributed by atoms with Gasteiger partial charge in [-0.2, -0.15) is 0 Å². The van der Waals surface area contributed by atoms with Crippen molar-refractivity contribution < 1.29 is 14.4 Å². The summed E-state index contributed by atoms with van der Waals surface area (Å²) in [5.41, 5.74) is 0.164. The molecule has 2 fully saturated rings. The smallest absolute Gasteiger partial charge is 0.399 e. The molecule has 8 heteroatoms. The van der Waals surface area contributed by atoms with Gasteiger partial charge in [-0.3, -0.25) is 0 Å². The molecule has 26 heavy (non-hydrogen) atoms. The van der Waals surface area contributed by atoms with E-state index in [0.29, 0.717) is 5.92 Å². The number of nitrogens with zero attached hydrogens (tertiary/aromatic N) is 3. The zero-order valence-corrected chi connectivity index (χ0v) is 17.1. The Morgan fingerprint density at radius 2 is 1.73 bits per heavy atom. The van der Waals surface area contributed by atoms with Crippen LogP contribution in [0.1, 0.15) is 40.5 Å². The summed E-state index contributed by atoms with van der Waals surface area (Å²) in [5, 5.41) is 9.82. The van der Waals surface area contributed by atoms with Gasteiger partial charge in [0.05, 0.1) is 17.8 Å². The topological polar surface area (TPSA) is 67.7 Å². The van der Waals surface area contributed by atoms with Crippen LogP contribution in [0, 0.1) is 5.92 Å². The average Bonchev–Trinajstić information content (AvgIpc) is 2.83. The van der Waals surface area contributed by atoms with E-state index in [4.69, 9.17) is 14.4 Å². The van der Waals surface area contributed by atoms with E-state index in [2.05, 4.69) is 14.9 Å². The van der Waals surface area contributed by atoms with Crippen LogP contribution in [-0.2, 0) is 9.31 Å². The van der Waals surface area contributed by atoms with Crippen molar-refractivity contribution in [2.75, 3.05) is 32.0 Å². The Labute approximate surface area is 161 Å². The van der Waals surface area contributed by atoms with Crippen molar-refractivity contribution >= 4 is 24.3 Å². The molecule has 0 saturated carbocycles. The van der Waals surface area contributed by atoms with Gasteiger partial charge in [0.1, 0.15) is 0 Å². The highest BCUT2D eigenvalue weighted by atomic mass is 32.2. The maximum atomic E-state index is 9.01. The van der Waals surface area contributed by atoms with Crippen LogP contribution in [0.15, 0.2) is 17.6 Å². The summed E-state index contributed by atoms with van der Waals surface area (Å²) in [6, 6.07) is 0. The van der Waals surface area contributed by atoms with E-state index >= 15 is 0 Å². The molecule has 1 N–H and O–H groups in total. The molecular weight excluding hydrogens is 349 g/mol. The van der Waals surface area contributed by atoms with Crippen LogP contribution in [0.3, 0.4) is 0 Å². The Balaban J connectivity index is 1.48. The van der Waals surface area contributed by atoms with Gasteiger partial charge >= 0.3 is 7.12 Å². The van der Waals surface area contributed by atoms with Crippen LogP contribution in [0.25, 0.3) is 0 Å². The summed E-state index contributed by atoms with van der Waals surface area (Å²) in [5.74, 6) is 1.74. The molecule has 3 rings (SSSR count). The molecule has 0 atom stereocenters. The molecular formula is C18H30BN3O3S. The standard InChI is InChI=1S/C18H30BN3O3S/c1-17(2)18(3,4)25-19(24-17)15-11-20-16(21-12-15)26-13-14-5-7-22(8-6-14)9-10-23/h11-12,14,23H,5-10,13H2,1-4H3. The summed E-state index contributed by atoms with van der Waals surface area (Å²) in [4.78, 5) is 11.3. The van der Waals surface area contributed by atoms with Gasteiger partial charge in [0, 0.05) is 30.2 Å². The number of hydrogen-bond acceptors (Lipinski definition) is 7. The maximum absolute atomic E-state index is 9.01. The highest BCUT2D eigenvalue weighted by Gasteiger charge is 2.51. The number of likely N-dealkylation sites (tertiary alicyclic amines) is 1. The van der Waals surface area contributed by atoms with Crippen molar-refractivity contribution in [3.05, 3.63) is 12.4 Å². The average molecular weight is 379 g/mol. The number of thioether (sulfide) groups is 1. The molecule has 0 unspecified atom stereocenters. The van der Waals surface area contributed by atoms with Gasteiger partial charge in [-0.05, 0) is 59.5 Å². The predicted molar refractivity (Wildman–Crippen MR) is 105 cm³/mol. The minimum atomic E-state index is -0.407. The summed E-state index contributed by atoms with van der Waals surface area (Å²) in [6.07, 6.45) is 6.00. The number of aliphatic hydroxyl groups excluding tert-OH is 1. The Hall–Kier alpha value is -0.665. The predicted octanol–water partition coefficient (Wildman–Crippen LogP) is 1.57. The third-order valence-corrected chi connectivity index (χ3v) is 6.85. The molecule has 0 spiro atoms. The summed E-state index contributed by atoms with van der Waals surface area (Å²) < 4.78 is 12.1. The molecule has 1 aromatic rings. The highest BCUT2D eigenvalue weighted by Crippen LogP contribution is 2.36. The van der Waals surface area contributed by atoms with E-state index in [1.54, 1.807) is 11.8 Å². The van der Waals surface area contributed by atoms with E-state index < -0.39 is 7.12 Å². The number of aromatic nitrogens is 2. The Morgan fingerprint density at radius 1 is 1.15 bits per heavy atom. The van der Waals surface area contributed by atoms with Crippen molar-refractivity contribution in [3.63, 3.8) is 0 Å². The van der Waals surface area contributed by atoms with Crippen LogP contribution in [-0.4, -0.2) is 70.3 Å². The molecule has 3 heterocycles. The molecule has 0 bridgehead atoms. The van der Waals surface area contributed by atoms with Crippen molar-refractivity contribution in [2.45, 2.75) is 56.9 Å². The highest BCUT2D eigenvalue weighted by molar-refractivity contribution is 7.99. The largest absolute Gasteiger partial charge is 0.498 e. The fourth-order valence-electron chi connectivity index (χ4n) is 3.21. The molecule has 2 aliphatic heterocycles. The second-order valence-electron chi connectivity index (χ2n) is 8.21. The van der Waals surface area contributed by atoms with Crippen molar-refractivity contribution in [1.29, 1.82) is 0 Å². The van der Waals surface area contributed by atoms with Gasteiger partial charge in [-0.1, -0.05) is 11.8 Å². The minimum Gasteiger partial charge on any atom is -0.399 e. The summed E-state index contributed by atoms with van der Waals surface area (Å²) in [7, 11) is -0.407.